The Kier molecular flexibility index (Phi) is 4.09. The maximum Gasteiger partial charge on any atom is 0.340 e. The van der Waals surface area contributed by atoms with Crippen molar-refractivity contribution in [1.29, 1.82) is 0 Å². The van der Waals surface area contributed by atoms with Crippen molar-refractivity contribution in [3.05, 3.63) is 23.8 Å². The first-order chi connectivity index (χ1) is 9.54. The summed E-state index contributed by atoms with van der Waals surface area (Å²) in [7, 11) is 1.29. The van der Waals surface area contributed by atoms with Gasteiger partial charge in [0.05, 0.1) is 25.9 Å². The lowest BCUT2D eigenvalue weighted by molar-refractivity contribution is -0.121. The summed E-state index contributed by atoms with van der Waals surface area (Å²) < 4.78 is 9.94. The first-order valence-corrected chi connectivity index (χ1v) is 6.16. The number of hydrogen-bond acceptors (Lipinski definition) is 6. The number of hydrogen-bond donors (Lipinski definition) is 2. The molecule has 1 heterocycles. The van der Waals surface area contributed by atoms with Gasteiger partial charge in [-0.15, -0.1) is 0 Å². The monoisotopic (exact) mass is 279 g/mol. The molecule has 0 aliphatic carbocycles. The second kappa shape index (κ2) is 5.79. The molecule has 108 valence electrons. The van der Waals surface area contributed by atoms with Gasteiger partial charge in [0.1, 0.15) is 6.04 Å². The smallest absolute Gasteiger partial charge is 0.340 e. The fraction of sp³-hybridized carbons (Fsp3) is 0.385. The minimum Gasteiger partial charge on any atom is -0.465 e. The number of methoxy groups -OCH3 is 1. The fourth-order valence-electron chi connectivity index (χ4n) is 2.16. The lowest BCUT2D eigenvalue weighted by Crippen LogP contribution is -2.52. The summed E-state index contributed by atoms with van der Waals surface area (Å²) >= 11 is 0. The van der Waals surface area contributed by atoms with E-state index in [1.54, 1.807) is 23.1 Å². The number of anilines is 2. The SMILES string of the molecule is COC(=O)c1cc(N2CCOCC2C(N)=O)ccc1N. The number of benzene rings is 1. The molecule has 1 unspecified atom stereocenters. The Morgan fingerprint density at radius 2 is 2.20 bits per heavy atom. The normalized spacial score (nSPS) is 18.6. The predicted octanol–water partition coefficient (Wildman–Crippen LogP) is -0.254. The van der Waals surface area contributed by atoms with E-state index >= 15 is 0 Å². The van der Waals surface area contributed by atoms with E-state index in [1.165, 1.54) is 7.11 Å². The Bertz CT molecular complexity index is 532. The Hall–Kier alpha value is -2.28. The fourth-order valence-corrected chi connectivity index (χ4v) is 2.16. The number of amides is 1. The summed E-state index contributed by atoms with van der Waals surface area (Å²) in [5.74, 6) is -0.991. The van der Waals surface area contributed by atoms with Crippen LogP contribution in [0.1, 0.15) is 10.4 Å². The van der Waals surface area contributed by atoms with Crippen molar-refractivity contribution in [3.8, 4) is 0 Å². The Labute approximate surface area is 116 Å². The lowest BCUT2D eigenvalue weighted by Gasteiger charge is -2.35. The van der Waals surface area contributed by atoms with Crippen LogP contribution in [0.4, 0.5) is 11.4 Å². The number of ether oxygens (including phenoxy) is 2. The summed E-state index contributed by atoms with van der Waals surface area (Å²) in [5.41, 5.74) is 12.4. The molecule has 0 radical (unpaired) electrons. The number of carbonyl (C=O) groups excluding carboxylic acids is 2. The van der Waals surface area contributed by atoms with Crippen LogP contribution in [0.15, 0.2) is 18.2 Å². The number of nitrogens with two attached hydrogens (primary N) is 2. The largest absolute Gasteiger partial charge is 0.465 e. The van der Waals surface area contributed by atoms with Crippen molar-refractivity contribution in [3.63, 3.8) is 0 Å². The van der Waals surface area contributed by atoms with E-state index in [1.807, 2.05) is 0 Å². The van der Waals surface area contributed by atoms with Crippen LogP contribution in [0.25, 0.3) is 0 Å². The van der Waals surface area contributed by atoms with Gasteiger partial charge in [-0.2, -0.15) is 0 Å². The summed E-state index contributed by atoms with van der Waals surface area (Å²) in [6, 6.07) is 4.39. The zero-order valence-corrected chi connectivity index (χ0v) is 11.2. The summed E-state index contributed by atoms with van der Waals surface area (Å²) in [5, 5.41) is 0. The van der Waals surface area contributed by atoms with Gasteiger partial charge >= 0.3 is 5.97 Å². The molecule has 20 heavy (non-hydrogen) atoms. The van der Waals surface area contributed by atoms with Crippen LogP contribution in [-0.4, -0.2) is 44.8 Å². The van der Waals surface area contributed by atoms with Crippen LogP contribution < -0.4 is 16.4 Å². The number of primary amides is 1. The van der Waals surface area contributed by atoms with Crippen LogP contribution in [0.2, 0.25) is 0 Å². The maximum atomic E-state index is 11.6. The summed E-state index contributed by atoms with van der Waals surface area (Å²) in [6.45, 7) is 1.23. The maximum absolute atomic E-state index is 11.6. The van der Waals surface area contributed by atoms with Gasteiger partial charge in [-0.3, -0.25) is 4.79 Å². The zero-order valence-electron chi connectivity index (χ0n) is 11.2. The molecule has 0 aromatic heterocycles. The summed E-state index contributed by atoms with van der Waals surface area (Å²) in [4.78, 5) is 24.9. The second-order valence-corrected chi connectivity index (χ2v) is 4.45. The number of morpholine rings is 1. The molecule has 4 N–H and O–H groups in total. The molecule has 1 aromatic rings. The highest BCUT2D eigenvalue weighted by molar-refractivity contribution is 5.96. The highest BCUT2D eigenvalue weighted by Crippen LogP contribution is 2.25. The van der Waals surface area contributed by atoms with Crippen LogP contribution in [0, 0.1) is 0 Å². The minimum absolute atomic E-state index is 0.229. The standard InChI is InChI=1S/C13H17N3O4/c1-19-13(18)9-6-8(2-3-10(9)14)16-4-5-20-7-11(16)12(15)17/h2-3,6,11H,4-5,7,14H2,1H3,(H2,15,17). The van der Waals surface area contributed by atoms with Gasteiger partial charge in [0, 0.05) is 17.9 Å². The zero-order chi connectivity index (χ0) is 14.7. The van der Waals surface area contributed by atoms with Crippen molar-refractivity contribution in [2.45, 2.75) is 6.04 Å². The van der Waals surface area contributed by atoms with Crippen LogP contribution in [0.5, 0.6) is 0 Å². The molecule has 1 amide bonds. The van der Waals surface area contributed by atoms with Gasteiger partial charge in [-0.1, -0.05) is 0 Å². The molecule has 1 fully saturated rings. The molecule has 7 nitrogen and oxygen atoms in total. The van der Waals surface area contributed by atoms with Crippen LogP contribution in [-0.2, 0) is 14.3 Å². The van der Waals surface area contributed by atoms with Crippen molar-refractivity contribution < 1.29 is 19.1 Å². The molecular formula is C13H17N3O4. The number of esters is 1. The van der Waals surface area contributed by atoms with E-state index < -0.39 is 17.9 Å². The molecule has 1 aromatic carbocycles. The highest BCUT2D eigenvalue weighted by atomic mass is 16.5. The van der Waals surface area contributed by atoms with Crippen molar-refractivity contribution >= 4 is 23.3 Å². The van der Waals surface area contributed by atoms with Crippen molar-refractivity contribution in [2.24, 2.45) is 5.73 Å². The van der Waals surface area contributed by atoms with Crippen LogP contribution >= 0.6 is 0 Å². The Morgan fingerprint density at radius 1 is 1.45 bits per heavy atom. The predicted molar refractivity (Wildman–Crippen MR) is 73.3 cm³/mol. The number of rotatable bonds is 3. The van der Waals surface area contributed by atoms with Gasteiger partial charge in [0.15, 0.2) is 0 Å². The molecule has 0 spiro atoms. The Morgan fingerprint density at radius 3 is 2.85 bits per heavy atom. The Balaban J connectivity index is 2.36. The molecule has 1 atom stereocenters. The van der Waals surface area contributed by atoms with E-state index in [0.29, 0.717) is 24.5 Å². The minimum atomic E-state index is -0.558. The molecule has 0 saturated carbocycles. The van der Waals surface area contributed by atoms with Crippen molar-refractivity contribution in [2.75, 3.05) is 37.5 Å². The first-order valence-electron chi connectivity index (χ1n) is 6.16. The van der Waals surface area contributed by atoms with E-state index in [2.05, 4.69) is 4.74 Å². The van der Waals surface area contributed by atoms with Gasteiger partial charge in [0.2, 0.25) is 5.91 Å². The third kappa shape index (κ3) is 2.67. The van der Waals surface area contributed by atoms with Gasteiger partial charge in [0.25, 0.3) is 0 Å². The second-order valence-electron chi connectivity index (χ2n) is 4.45. The van der Waals surface area contributed by atoms with Gasteiger partial charge in [-0.25, -0.2) is 4.79 Å². The molecule has 1 aliphatic rings. The molecule has 7 heteroatoms. The van der Waals surface area contributed by atoms with Crippen LogP contribution in [0.3, 0.4) is 0 Å². The number of nitrogens with zero attached hydrogens (tertiary/aromatic N) is 1. The van der Waals surface area contributed by atoms with Gasteiger partial charge < -0.3 is 25.8 Å². The average molecular weight is 279 g/mol. The quantitative estimate of drug-likeness (QED) is 0.583. The molecule has 0 bridgehead atoms. The third-order valence-electron chi connectivity index (χ3n) is 3.23. The number of nitrogen functional groups attached to an aromatic ring is 1. The highest BCUT2D eigenvalue weighted by Gasteiger charge is 2.28. The molecule has 1 saturated heterocycles. The number of carbonyl (C=O) groups is 2. The summed E-state index contributed by atoms with van der Waals surface area (Å²) in [6.07, 6.45) is 0. The third-order valence-corrected chi connectivity index (χ3v) is 3.23. The average Bonchev–Trinajstić information content (AvgIpc) is 2.47. The van der Waals surface area contributed by atoms with E-state index in [0.717, 1.165) is 0 Å². The topological polar surface area (TPSA) is 108 Å². The van der Waals surface area contributed by atoms with E-state index in [9.17, 15) is 9.59 Å². The molecular weight excluding hydrogens is 262 g/mol. The molecule has 1 aliphatic heterocycles. The van der Waals surface area contributed by atoms with E-state index in [4.69, 9.17) is 16.2 Å². The van der Waals surface area contributed by atoms with Gasteiger partial charge in [-0.05, 0) is 18.2 Å². The lowest BCUT2D eigenvalue weighted by atomic mass is 10.1. The van der Waals surface area contributed by atoms with Crippen molar-refractivity contribution in [1.82, 2.24) is 0 Å². The molecule has 2 rings (SSSR count). The van der Waals surface area contributed by atoms with E-state index in [-0.39, 0.29) is 12.2 Å². The first kappa shape index (κ1) is 14.1.